The highest BCUT2D eigenvalue weighted by atomic mass is 35.5. The van der Waals surface area contributed by atoms with Crippen LogP contribution in [0.5, 0.6) is 5.75 Å². The van der Waals surface area contributed by atoms with Crippen LogP contribution >= 0.6 is 46.6 Å². The molecule has 4 aromatic rings. The third-order valence-electron chi connectivity index (χ3n) is 5.96. The first-order valence-corrected chi connectivity index (χ1v) is 14.1. The Labute approximate surface area is 246 Å². The van der Waals surface area contributed by atoms with E-state index in [0.717, 1.165) is 22.3 Å². The first kappa shape index (κ1) is 27.4. The molecule has 4 nitrogen and oxygen atoms in total. The number of benzene rings is 4. The zero-order valence-corrected chi connectivity index (χ0v) is 23.8. The molecule has 5 rings (SSSR count). The number of amides is 1. The van der Waals surface area contributed by atoms with Gasteiger partial charge in [-0.3, -0.25) is 14.7 Å². The van der Waals surface area contributed by atoms with Crippen LogP contribution in [0.3, 0.4) is 0 Å². The number of hydrogen-bond acceptors (Lipinski definition) is 4. The summed E-state index contributed by atoms with van der Waals surface area (Å²) in [7, 11) is 0. The van der Waals surface area contributed by atoms with Crippen molar-refractivity contribution in [1.82, 2.24) is 4.90 Å². The molecule has 0 aliphatic carbocycles. The summed E-state index contributed by atoms with van der Waals surface area (Å²) in [6.45, 7) is 1.18. The lowest BCUT2D eigenvalue weighted by Gasteiger charge is -2.15. The number of halogens is 3. The van der Waals surface area contributed by atoms with Gasteiger partial charge >= 0.3 is 0 Å². The van der Waals surface area contributed by atoms with Gasteiger partial charge in [0, 0.05) is 15.6 Å². The van der Waals surface area contributed by atoms with Crippen molar-refractivity contribution in [2.24, 2.45) is 4.99 Å². The van der Waals surface area contributed by atoms with Gasteiger partial charge in [0.05, 0.1) is 23.0 Å². The predicted molar refractivity (Wildman–Crippen MR) is 162 cm³/mol. The summed E-state index contributed by atoms with van der Waals surface area (Å²) in [5.74, 6) is 0.426. The number of aliphatic imine (C=N–C) groups is 1. The summed E-state index contributed by atoms with van der Waals surface area (Å²) in [6, 6.07) is 30.6. The van der Waals surface area contributed by atoms with E-state index in [2.05, 4.69) is 0 Å². The standard InChI is InChI=1S/C31H23Cl3N2O2S/c32-25-13-12-24(26(33)17-25)20-38-28-14-11-23(15-27(28)34)16-29-30(37)36(19-22-9-5-2-6-10-22)31(39-29)35-18-21-7-3-1-4-8-21/h1-17H,18-20H2/b29-16+,35-31?. The Morgan fingerprint density at radius 2 is 1.54 bits per heavy atom. The summed E-state index contributed by atoms with van der Waals surface area (Å²) in [5, 5.41) is 2.20. The molecule has 1 fully saturated rings. The van der Waals surface area contributed by atoms with Crippen LogP contribution in [0.2, 0.25) is 15.1 Å². The van der Waals surface area contributed by atoms with Crippen molar-refractivity contribution in [2.75, 3.05) is 0 Å². The minimum atomic E-state index is -0.0931. The maximum absolute atomic E-state index is 13.5. The fraction of sp³-hybridized carbons (Fsp3) is 0.0968. The van der Waals surface area contributed by atoms with Crippen LogP contribution in [-0.4, -0.2) is 16.0 Å². The smallest absolute Gasteiger partial charge is 0.267 e. The van der Waals surface area contributed by atoms with Crippen LogP contribution in [0.25, 0.3) is 6.08 Å². The number of carbonyl (C=O) groups is 1. The van der Waals surface area contributed by atoms with Gasteiger partial charge in [-0.25, -0.2) is 0 Å². The van der Waals surface area contributed by atoms with Crippen molar-refractivity contribution in [3.63, 3.8) is 0 Å². The predicted octanol–water partition coefficient (Wildman–Crippen LogP) is 8.90. The van der Waals surface area contributed by atoms with Crippen molar-refractivity contribution in [3.05, 3.63) is 139 Å². The van der Waals surface area contributed by atoms with Gasteiger partial charge in [-0.2, -0.15) is 0 Å². The fourth-order valence-corrected chi connectivity index (χ4v) is 5.63. The zero-order valence-electron chi connectivity index (χ0n) is 20.7. The molecule has 1 saturated heterocycles. The van der Waals surface area contributed by atoms with E-state index in [0.29, 0.717) is 44.0 Å². The van der Waals surface area contributed by atoms with Crippen LogP contribution in [0.4, 0.5) is 0 Å². The summed E-state index contributed by atoms with van der Waals surface area (Å²) < 4.78 is 5.88. The average Bonchev–Trinajstić information content (AvgIpc) is 3.22. The van der Waals surface area contributed by atoms with E-state index in [1.807, 2.05) is 78.9 Å². The second-order valence-electron chi connectivity index (χ2n) is 8.79. The van der Waals surface area contributed by atoms with Crippen molar-refractivity contribution in [3.8, 4) is 5.75 Å². The lowest BCUT2D eigenvalue weighted by atomic mass is 10.2. The highest BCUT2D eigenvalue weighted by Gasteiger charge is 2.33. The first-order valence-electron chi connectivity index (χ1n) is 12.2. The van der Waals surface area contributed by atoms with Crippen molar-refractivity contribution in [1.29, 1.82) is 0 Å². The molecule has 0 radical (unpaired) electrons. The molecule has 0 saturated carbocycles. The molecule has 1 aliphatic rings. The zero-order chi connectivity index (χ0) is 27.2. The van der Waals surface area contributed by atoms with E-state index in [1.54, 1.807) is 29.2 Å². The molecule has 196 valence electrons. The van der Waals surface area contributed by atoms with E-state index in [-0.39, 0.29) is 12.5 Å². The monoisotopic (exact) mass is 592 g/mol. The molecular formula is C31H23Cl3N2O2S. The molecule has 0 unspecified atom stereocenters. The van der Waals surface area contributed by atoms with Crippen LogP contribution in [0, 0.1) is 0 Å². The number of thioether (sulfide) groups is 1. The number of carbonyl (C=O) groups excluding carboxylic acids is 1. The molecule has 4 aromatic carbocycles. The Kier molecular flexibility index (Phi) is 8.95. The van der Waals surface area contributed by atoms with Gasteiger partial charge in [0.2, 0.25) is 0 Å². The van der Waals surface area contributed by atoms with Gasteiger partial charge < -0.3 is 4.74 Å². The highest BCUT2D eigenvalue weighted by molar-refractivity contribution is 8.18. The number of ether oxygens (including phenoxy) is 1. The van der Waals surface area contributed by atoms with Crippen molar-refractivity contribution < 1.29 is 9.53 Å². The Morgan fingerprint density at radius 1 is 0.821 bits per heavy atom. The van der Waals surface area contributed by atoms with Crippen LogP contribution < -0.4 is 4.74 Å². The molecule has 0 bridgehead atoms. The van der Waals surface area contributed by atoms with Crippen LogP contribution in [0.1, 0.15) is 22.3 Å². The Bertz CT molecular complexity index is 1540. The normalized spacial score (nSPS) is 15.4. The summed E-state index contributed by atoms with van der Waals surface area (Å²) >= 11 is 20.1. The van der Waals surface area contributed by atoms with E-state index in [9.17, 15) is 4.79 Å². The molecule has 0 atom stereocenters. The Hall–Kier alpha value is -3.22. The SMILES string of the molecule is O=C1/C(=C\c2ccc(OCc3ccc(Cl)cc3Cl)c(Cl)c2)SC(=NCc2ccccc2)N1Cc1ccccc1. The van der Waals surface area contributed by atoms with Crippen LogP contribution in [0.15, 0.2) is 107 Å². The van der Waals surface area contributed by atoms with E-state index in [1.165, 1.54) is 11.8 Å². The lowest BCUT2D eigenvalue weighted by molar-refractivity contribution is -0.122. The summed E-state index contributed by atoms with van der Waals surface area (Å²) in [4.78, 5) is 20.6. The van der Waals surface area contributed by atoms with E-state index < -0.39 is 0 Å². The number of rotatable bonds is 8. The quantitative estimate of drug-likeness (QED) is 0.192. The van der Waals surface area contributed by atoms with Gasteiger partial charge in [-0.1, -0.05) is 108 Å². The number of hydrogen-bond donors (Lipinski definition) is 0. The van der Waals surface area contributed by atoms with Gasteiger partial charge in [-0.05, 0) is 58.8 Å². The minimum absolute atomic E-state index is 0.0931. The van der Waals surface area contributed by atoms with Crippen molar-refractivity contribution in [2.45, 2.75) is 19.7 Å². The third-order valence-corrected chi connectivity index (χ3v) is 7.89. The van der Waals surface area contributed by atoms with Gasteiger partial charge in [-0.15, -0.1) is 0 Å². The maximum atomic E-state index is 13.5. The molecule has 0 N–H and O–H groups in total. The maximum Gasteiger partial charge on any atom is 0.267 e. The lowest BCUT2D eigenvalue weighted by Crippen LogP contribution is -2.28. The fourth-order valence-electron chi connectivity index (χ4n) is 3.94. The van der Waals surface area contributed by atoms with Gasteiger partial charge in [0.15, 0.2) is 5.17 Å². The largest absolute Gasteiger partial charge is 0.487 e. The summed E-state index contributed by atoms with van der Waals surface area (Å²) in [5.41, 5.74) is 3.71. The highest BCUT2D eigenvalue weighted by Crippen LogP contribution is 2.35. The topological polar surface area (TPSA) is 41.9 Å². The van der Waals surface area contributed by atoms with E-state index >= 15 is 0 Å². The first-order chi connectivity index (χ1) is 19.0. The van der Waals surface area contributed by atoms with Crippen molar-refractivity contribution >= 4 is 63.7 Å². The van der Waals surface area contributed by atoms with Gasteiger partial charge in [0.1, 0.15) is 12.4 Å². The van der Waals surface area contributed by atoms with Crippen LogP contribution in [-0.2, 0) is 24.5 Å². The number of nitrogens with zero attached hydrogens (tertiary/aromatic N) is 2. The Balaban J connectivity index is 1.35. The van der Waals surface area contributed by atoms with Gasteiger partial charge in [0.25, 0.3) is 5.91 Å². The Morgan fingerprint density at radius 3 is 2.23 bits per heavy atom. The molecule has 0 aromatic heterocycles. The molecule has 1 heterocycles. The average molecular weight is 594 g/mol. The molecule has 1 aliphatic heterocycles. The number of amidine groups is 1. The molecule has 8 heteroatoms. The molecular weight excluding hydrogens is 571 g/mol. The molecule has 39 heavy (non-hydrogen) atoms. The second kappa shape index (κ2) is 12.8. The molecule has 1 amide bonds. The minimum Gasteiger partial charge on any atom is -0.487 e. The third kappa shape index (κ3) is 7.06. The molecule has 0 spiro atoms. The second-order valence-corrected chi connectivity index (χ2v) is 11.0. The summed E-state index contributed by atoms with van der Waals surface area (Å²) in [6.07, 6.45) is 1.84. The van der Waals surface area contributed by atoms with E-state index in [4.69, 9.17) is 44.5 Å².